The van der Waals surface area contributed by atoms with Crippen LogP contribution in [0.5, 0.6) is 0 Å². The van der Waals surface area contributed by atoms with E-state index in [0.29, 0.717) is 5.69 Å². The Bertz CT molecular complexity index is 434. The number of carbonyl (C=O) groups excluding carboxylic acids is 1. The van der Waals surface area contributed by atoms with Gasteiger partial charge in [-0.3, -0.25) is 4.79 Å². The highest BCUT2D eigenvalue weighted by atomic mass is 16.2. The number of hydrogen-bond donors (Lipinski definition) is 0. The molecule has 110 valence electrons. The van der Waals surface area contributed by atoms with Crippen LogP contribution in [0.15, 0.2) is 18.3 Å². The van der Waals surface area contributed by atoms with Gasteiger partial charge in [-0.15, -0.1) is 0 Å². The third-order valence-electron chi connectivity index (χ3n) is 3.89. The predicted molar refractivity (Wildman–Crippen MR) is 81.2 cm³/mol. The number of aromatic nitrogens is 1. The zero-order valence-corrected chi connectivity index (χ0v) is 12.7. The lowest BCUT2D eigenvalue weighted by molar-refractivity contribution is 0.0658. The summed E-state index contributed by atoms with van der Waals surface area (Å²) in [5.41, 5.74) is 1.62. The fourth-order valence-electron chi connectivity index (χ4n) is 2.46. The van der Waals surface area contributed by atoms with Gasteiger partial charge in [0.25, 0.3) is 5.91 Å². The van der Waals surface area contributed by atoms with Gasteiger partial charge in [0.05, 0.1) is 11.9 Å². The molecule has 0 N–H and O–H groups in total. The molecule has 0 spiro atoms. The standard InChI is InChI=1S/C15H24N4O/c1-4-18(5-2)13-6-7-14(16-12-13)15(20)19-10-8-17(3)9-11-19/h6-7,12H,4-5,8-11H2,1-3H3. The van der Waals surface area contributed by atoms with Crippen molar-refractivity contribution in [2.75, 3.05) is 51.2 Å². The highest BCUT2D eigenvalue weighted by molar-refractivity contribution is 5.92. The van der Waals surface area contributed by atoms with Crippen LogP contribution < -0.4 is 4.90 Å². The van der Waals surface area contributed by atoms with E-state index in [1.54, 1.807) is 6.20 Å². The van der Waals surface area contributed by atoms with Gasteiger partial charge in [0.1, 0.15) is 5.69 Å². The number of amides is 1. The summed E-state index contributed by atoms with van der Waals surface area (Å²) in [5, 5.41) is 0. The molecule has 0 radical (unpaired) electrons. The van der Waals surface area contributed by atoms with Gasteiger partial charge in [0, 0.05) is 39.3 Å². The molecule has 0 atom stereocenters. The molecule has 1 saturated heterocycles. The fourth-order valence-corrected chi connectivity index (χ4v) is 2.46. The average Bonchev–Trinajstić information content (AvgIpc) is 2.49. The topological polar surface area (TPSA) is 39.7 Å². The summed E-state index contributed by atoms with van der Waals surface area (Å²) < 4.78 is 0. The minimum Gasteiger partial charge on any atom is -0.371 e. The van der Waals surface area contributed by atoms with Gasteiger partial charge in [-0.2, -0.15) is 0 Å². The Morgan fingerprint density at radius 3 is 2.35 bits per heavy atom. The van der Waals surface area contributed by atoms with Gasteiger partial charge in [-0.25, -0.2) is 4.98 Å². The first-order valence-electron chi connectivity index (χ1n) is 7.34. The summed E-state index contributed by atoms with van der Waals surface area (Å²) in [4.78, 5) is 23.0. The smallest absolute Gasteiger partial charge is 0.272 e. The third-order valence-corrected chi connectivity index (χ3v) is 3.89. The molecular formula is C15H24N4O. The molecule has 0 aliphatic carbocycles. The van der Waals surface area contributed by atoms with Gasteiger partial charge < -0.3 is 14.7 Å². The van der Waals surface area contributed by atoms with E-state index < -0.39 is 0 Å². The third kappa shape index (κ3) is 3.28. The zero-order valence-electron chi connectivity index (χ0n) is 12.7. The van der Waals surface area contributed by atoms with Crippen LogP contribution in [0.25, 0.3) is 0 Å². The quantitative estimate of drug-likeness (QED) is 0.831. The van der Waals surface area contributed by atoms with E-state index in [-0.39, 0.29) is 5.91 Å². The molecule has 1 fully saturated rings. The maximum absolute atomic E-state index is 12.4. The molecule has 1 amide bonds. The molecule has 1 aliphatic rings. The largest absolute Gasteiger partial charge is 0.371 e. The Morgan fingerprint density at radius 1 is 1.20 bits per heavy atom. The SMILES string of the molecule is CCN(CC)c1ccc(C(=O)N2CCN(C)CC2)nc1. The summed E-state index contributed by atoms with van der Waals surface area (Å²) in [6, 6.07) is 3.83. The lowest BCUT2D eigenvalue weighted by atomic mass is 10.2. The van der Waals surface area contributed by atoms with Gasteiger partial charge in [-0.05, 0) is 33.0 Å². The van der Waals surface area contributed by atoms with Crippen molar-refractivity contribution in [3.05, 3.63) is 24.0 Å². The van der Waals surface area contributed by atoms with E-state index in [1.165, 1.54) is 0 Å². The number of hydrogen-bond acceptors (Lipinski definition) is 4. The summed E-state index contributed by atoms with van der Waals surface area (Å²) >= 11 is 0. The number of carbonyl (C=O) groups is 1. The van der Waals surface area contributed by atoms with Gasteiger partial charge in [-0.1, -0.05) is 0 Å². The number of likely N-dealkylation sites (N-methyl/N-ethyl adjacent to an activating group) is 1. The first-order valence-corrected chi connectivity index (χ1v) is 7.34. The van der Waals surface area contributed by atoms with Crippen LogP contribution in [-0.4, -0.2) is 67.0 Å². The zero-order chi connectivity index (χ0) is 14.5. The van der Waals surface area contributed by atoms with Gasteiger partial charge in [0.2, 0.25) is 0 Å². The number of anilines is 1. The Balaban J connectivity index is 2.04. The van der Waals surface area contributed by atoms with Crippen LogP contribution in [0.2, 0.25) is 0 Å². The first-order chi connectivity index (χ1) is 9.65. The molecule has 0 bridgehead atoms. The van der Waals surface area contributed by atoms with Crippen LogP contribution in [0, 0.1) is 0 Å². The van der Waals surface area contributed by atoms with Crippen LogP contribution in [-0.2, 0) is 0 Å². The van der Waals surface area contributed by atoms with Gasteiger partial charge >= 0.3 is 0 Å². The lowest BCUT2D eigenvalue weighted by Gasteiger charge is -2.32. The fraction of sp³-hybridized carbons (Fsp3) is 0.600. The predicted octanol–water partition coefficient (Wildman–Crippen LogP) is 1.32. The van der Waals surface area contributed by atoms with E-state index >= 15 is 0 Å². The minimum atomic E-state index is 0.0456. The van der Waals surface area contributed by atoms with Crippen LogP contribution in [0.4, 0.5) is 5.69 Å². The maximum Gasteiger partial charge on any atom is 0.272 e. The van der Waals surface area contributed by atoms with E-state index in [1.807, 2.05) is 17.0 Å². The van der Waals surface area contributed by atoms with Crippen LogP contribution in [0.1, 0.15) is 24.3 Å². The van der Waals surface area contributed by atoms with E-state index in [0.717, 1.165) is 45.0 Å². The molecule has 2 heterocycles. The van der Waals surface area contributed by atoms with E-state index in [2.05, 4.69) is 35.7 Å². The van der Waals surface area contributed by atoms with Crippen LogP contribution in [0.3, 0.4) is 0 Å². The van der Waals surface area contributed by atoms with Crippen LogP contribution >= 0.6 is 0 Å². The molecule has 5 nitrogen and oxygen atoms in total. The minimum absolute atomic E-state index is 0.0456. The molecule has 5 heteroatoms. The maximum atomic E-state index is 12.4. The number of nitrogens with zero attached hydrogens (tertiary/aromatic N) is 4. The normalized spacial score (nSPS) is 16.2. The summed E-state index contributed by atoms with van der Waals surface area (Å²) in [6.45, 7) is 9.57. The average molecular weight is 276 g/mol. The summed E-state index contributed by atoms with van der Waals surface area (Å²) in [6.07, 6.45) is 1.80. The first kappa shape index (κ1) is 14.8. The Morgan fingerprint density at radius 2 is 1.85 bits per heavy atom. The van der Waals surface area contributed by atoms with Crippen molar-refractivity contribution < 1.29 is 4.79 Å². The number of pyridine rings is 1. The Labute approximate surface area is 121 Å². The van der Waals surface area contributed by atoms with Crippen molar-refractivity contribution in [2.24, 2.45) is 0 Å². The molecule has 1 aromatic heterocycles. The molecule has 1 aromatic rings. The van der Waals surface area contributed by atoms with E-state index in [4.69, 9.17) is 0 Å². The number of rotatable bonds is 4. The highest BCUT2D eigenvalue weighted by Gasteiger charge is 2.21. The van der Waals surface area contributed by atoms with Crippen molar-refractivity contribution in [2.45, 2.75) is 13.8 Å². The Kier molecular flexibility index (Phi) is 4.95. The van der Waals surface area contributed by atoms with Crippen molar-refractivity contribution in [3.63, 3.8) is 0 Å². The molecule has 1 aliphatic heterocycles. The van der Waals surface area contributed by atoms with Crippen molar-refractivity contribution in [1.29, 1.82) is 0 Å². The Hall–Kier alpha value is -1.62. The molecule has 20 heavy (non-hydrogen) atoms. The van der Waals surface area contributed by atoms with Crippen molar-refractivity contribution in [1.82, 2.24) is 14.8 Å². The highest BCUT2D eigenvalue weighted by Crippen LogP contribution is 2.14. The lowest BCUT2D eigenvalue weighted by Crippen LogP contribution is -2.47. The second kappa shape index (κ2) is 6.70. The van der Waals surface area contributed by atoms with Gasteiger partial charge in [0.15, 0.2) is 0 Å². The molecule has 0 unspecified atom stereocenters. The molecule has 0 aromatic carbocycles. The summed E-state index contributed by atoms with van der Waals surface area (Å²) in [5.74, 6) is 0.0456. The molecule has 2 rings (SSSR count). The second-order valence-electron chi connectivity index (χ2n) is 5.17. The summed E-state index contributed by atoms with van der Waals surface area (Å²) in [7, 11) is 2.08. The second-order valence-corrected chi connectivity index (χ2v) is 5.17. The number of piperazine rings is 1. The van der Waals surface area contributed by atoms with Crippen molar-refractivity contribution >= 4 is 11.6 Å². The monoisotopic (exact) mass is 276 g/mol. The van der Waals surface area contributed by atoms with E-state index in [9.17, 15) is 4.79 Å². The molecular weight excluding hydrogens is 252 g/mol. The molecule has 0 saturated carbocycles. The van der Waals surface area contributed by atoms with Crippen molar-refractivity contribution in [3.8, 4) is 0 Å².